The first-order valence-corrected chi connectivity index (χ1v) is 16.3. The number of carbonyl (C=O) groups excluding carboxylic acids is 3. The standard InChI is InChI=1S/C32H44F3N3O4S/c1-4-5-6-7-8-9-10-11-12-13-22-37(31(41)32(33,34)35)27-18-14-25(15-19-27)29(39)36-38(23-24-43-3)30(40)26-16-20-28(42-2)21-17-26/h14-21H,4-13,22-24H2,1-3H3,(H,36,39). The number of hydrogen-bond donors (Lipinski definition) is 1. The van der Waals surface area contributed by atoms with Crippen LogP contribution in [0.15, 0.2) is 48.5 Å². The zero-order valence-electron chi connectivity index (χ0n) is 25.4. The van der Waals surface area contributed by atoms with E-state index in [1.807, 2.05) is 6.26 Å². The second kappa shape index (κ2) is 19.1. The van der Waals surface area contributed by atoms with Crippen molar-refractivity contribution in [1.29, 1.82) is 0 Å². The minimum absolute atomic E-state index is 0.0587. The van der Waals surface area contributed by atoms with Crippen LogP contribution in [0, 0.1) is 0 Å². The fourth-order valence-corrected chi connectivity index (χ4v) is 4.88. The molecule has 3 amide bonds. The fraction of sp³-hybridized carbons (Fsp3) is 0.531. The highest BCUT2D eigenvalue weighted by Crippen LogP contribution is 2.25. The van der Waals surface area contributed by atoms with E-state index < -0.39 is 23.9 Å². The Morgan fingerprint density at radius 2 is 1.33 bits per heavy atom. The maximum absolute atomic E-state index is 13.4. The van der Waals surface area contributed by atoms with E-state index in [9.17, 15) is 27.6 Å². The number of hydrazine groups is 1. The lowest BCUT2D eigenvalue weighted by molar-refractivity contribution is -0.170. The number of ether oxygens (including phenoxy) is 1. The van der Waals surface area contributed by atoms with Gasteiger partial charge in [0.15, 0.2) is 0 Å². The Balaban J connectivity index is 2.03. The summed E-state index contributed by atoms with van der Waals surface area (Å²) in [7, 11) is 1.52. The molecule has 2 rings (SSSR count). The van der Waals surface area contributed by atoms with E-state index in [2.05, 4.69) is 12.3 Å². The molecule has 0 aliphatic rings. The molecule has 238 valence electrons. The summed E-state index contributed by atoms with van der Waals surface area (Å²) >= 11 is 1.50. The molecule has 2 aromatic rings. The highest BCUT2D eigenvalue weighted by Gasteiger charge is 2.42. The first-order valence-electron chi connectivity index (χ1n) is 14.9. The lowest BCUT2D eigenvalue weighted by atomic mass is 10.1. The Hall–Kier alpha value is -3.21. The number of nitrogens with one attached hydrogen (secondary N) is 1. The first-order chi connectivity index (χ1) is 20.6. The number of anilines is 1. The maximum Gasteiger partial charge on any atom is 0.471 e. The number of hydrogen-bond acceptors (Lipinski definition) is 5. The minimum atomic E-state index is -5.02. The first kappa shape index (κ1) is 36.0. The number of rotatable bonds is 18. The predicted octanol–water partition coefficient (Wildman–Crippen LogP) is 7.66. The molecule has 0 bridgehead atoms. The summed E-state index contributed by atoms with van der Waals surface area (Å²) in [6.07, 6.45) is 7.14. The lowest BCUT2D eigenvalue weighted by Gasteiger charge is -2.25. The van der Waals surface area contributed by atoms with Crippen molar-refractivity contribution in [2.24, 2.45) is 0 Å². The van der Waals surface area contributed by atoms with Crippen LogP contribution in [0.4, 0.5) is 18.9 Å². The lowest BCUT2D eigenvalue weighted by Crippen LogP contribution is -2.47. The number of halogens is 3. The number of carbonyl (C=O) groups is 3. The third-order valence-electron chi connectivity index (χ3n) is 7.00. The highest BCUT2D eigenvalue weighted by atomic mass is 32.2. The molecular formula is C32H44F3N3O4S. The van der Waals surface area contributed by atoms with Gasteiger partial charge in [-0.3, -0.25) is 19.8 Å². The molecule has 0 saturated heterocycles. The quantitative estimate of drug-likeness (QED) is 0.136. The molecule has 11 heteroatoms. The molecule has 0 aromatic heterocycles. The van der Waals surface area contributed by atoms with Gasteiger partial charge in [0, 0.05) is 29.1 Å². The van der Waals surface area contributed by atoms with E-state index in [1.165, 1.54) is 80.3 Å². The fourth-order valence-electron chi connectivity index (χ4n) is 4.52. The predicted molar refractivity (Wildman–Crippen MR) is 167 cm³/mol. The Kier molecular flexibility index (Phi) is 16.0. The van der Waals surface area contributed by atoms with Crippen molar-refractivity contribution in [3.63, 3.8) is 0 Å². The van der Waals surface area contributed by atoms with E-state index in [1.54, 1.807) is 24.3 Å². The summed E-state index contributed by atoms with van der Waals surface area (Å²) in [5.74, 6) is -1.80. The number of unbranched alkanes of at least 4 members (excludes halogenated alkanes) is 9. The summed E-state index contributed by atoms with van der Waals surface area (Å²) in [5.41, 5.74) is 3.15. The molecule has 0 radical (unpaired) electrons. The number of benzene rings is 2. The van der Waals surface area contributed by atoms with Crippen LogP contribution < -0.4 is 15.1 Å². The number of nitrogens with zero attached hydrogens (tertiary/aromatic N) is 2. The molecule has 2 aromatic carbocycles. The van der Waals surface area contributed by atoms with Gasteiger partial charge in [0.25, 0.3) is 11.8 Å². The monoisotopic (exact) mass is 623 g/mol. The Morgan fingerprint density at radius 3 is 1.84 bits per heavy atom. The van der Waals surface area contributed by atoms with Crippen molar-refractivity contribution in [3.8, 4) is 5.75 Å². The van der Waals surface area contributed by atoms with Crippen LogP contribution in [0.25, 0.3) is 0 Å². The summed E-state index contributed by atoms with van der Waals surface area (Å²) in [4.78, 5) is 39.0. The minimum Gasteiger partial charge on any atom is -0.497 e. The average molecular weight is 624 g/mol. The van der Waals surface area contributed by atoms with Crippen LogP contribution in [0.3, 0.4) is 0 Å². The molecule has 0 fully saturated rings. The molecule has 0 atom stereocenters. The van der Waals surface area contributed by atoms with Crippen molar-refractivity contribution in [1.82, 2.24) is 10.4 Å². The number of amides is 3. The number of alkyl halides is 3. The van der Waals surface area contributed by atoms with Crippen molar-refractivity contribution in [3.05, 3.63) is 59.7 Å². The summed E-state index contributed by atoms with van der Waals surface area (Å²) in [6.45, 7) is 2.34. The van der Waals surface area contributed by atoms with Gasteiger partial charge >= 0.3 is 12.1 Å². The molecule has 7 nitrogen and oxygen atoms in total. The normalized spacial score (nSPS) is 11.2. The number of methoxy groups -OCH3 is 1. The molecule has 0 spiro atoms. The van der Waals surface area contributed by atoms with E-state index in [4.69, 9.17) is 4.74 Å². The second-order valence-electron chi connectivity index (χ2n) is 10.3. The van der Waals surface area contributed by atoms with Gasteiger partial charge in [-0.15, -0.1) is 0 Å². The van der Waals surface area contributed by atoms with Gasteiger partial charge in [-0.1, -0.05) is 64.7 Å². The number of thioether (sulfide) groups is 1. The van der Waals surface area contributed by atoms with Gasteiger partial charge in [-0.05, 0) is 61.2 Å². The van der Waals surface area contributed by atoms with Crippen LogP contribution in [0.2, 0.25) is 0 Å². The van der Waals surface area contributed by atoms with Crippen molar-refractivity contribution < 1.29 is 32.3 Å². The maximum atomic E-state index is 13.4. The van der Waals surface area contributed by atoms with Crippen molar-refractivity contribution in [2.75, 3.05) is 37.1 Å². The molecule has 1 N–H and O–H groups in total. The van der Waals surface area contributed by atoms with E-state index >= 15 is 0 Å². The second-order valence-corrected chi connectivity index (χ2v) is 11.3. The topological polar surface area (TPSA) is 79.0 Å². The average Bonchev–Trinajstić information content (AvgIpc) is 3.01. The molecule has 0 aliphatic heterocycles. The SMILES string of the molecule is CCCCCCCCCCCCN(C(=O)C(F)(F)F)c1ccc(C(=O)NN(CCSC)C(=O)c2ccc(OC)cc2)cc1. The van der Waals surface area contributed by atoms with Gasteiger partial charge in [0.1, 0.15) is 5.75 Å². The molecule has 0 saturated carbocycles. The molecule has 0 unspecified atom stereocenters. The summed E-state index contributed by atoms with van der Waals surface area (Å²) < 4.78 is 45.3. The molecule has 0 heterocycles. The van der Waals surface area contributed by atoms with Crippen LogP contribution in [0.1, 0.15) is 91.8 Å². The van der Waals surface area contributed by atoms with Gasteiger partial charge < -0.3 is 9.64 Å². The molecular weight excluding hydrogens is 579 g/mol. The van der Waals surface area contributed by atoms with Gasteiger partial charge in [0.05, 0.1) is 13.7 Å². The van der Waals surface area contributed by atoms with Gasteiger partial charge in [0.2, 0.25) is 0 Å². The van der Waals surface area contributed by atoms with Crippen LogP contribution in [0.5, 0.6) is 5.75 Å². The zero-order chi connectivity index (χ0) is 31.7. The van der Waals surface area contributed by atoms with Crippen molar-refractivity contribution >= 4 is 35.2 Å². The Labute approximate surface area is 257 Å². The van der Waals surface area contributed by atoms with Gasteiger partial charge in [-0.25, -0.2) is 5.01 Å². The largest absolute Gasteiger partial charge is 0.497 e. The smallest absolute Gasteiger partial charge is 0.471 e. The summed E-state index contributed by atoms with van der Waals surface area (Å²) in [5, 5.41) is 1.21. The summed E-state index contributed by atoms with van der Waals surface area (Å²) in [6, 6.07) is 11.8. The zero-order valence-corrected chi connectivity index (χ0v) is 26.2. The van der Waals surface area contributed by atoms with E-state index in [-0.39, 0.29) is 24.3 Å². The third kappa shape index (κ3) is 12.5. The third-order valence-corrected chi connectivity index (χ3v) is 7.59. The van der Waals surface area contributed by atoms with Crippen LogP contribution in [-0.4, -0.2) is 61.1 Å². The van der Waals surface area contributed by atoms with Gasteiger partial charge in [-0.2, -0.15) is 24.9 Å². The van der Waals surface area contributed by atoms with Crippen LogP contribution >= 0.6 is 11.8 Å². The van der Waals surface area contributed by atoms with Crippen molar-refractivity contribution in [2.45, 2.75) is 77.3 Å². The van der Waals surface area contributed by atoms with E-state index in [0.29, 0.717) is 23.5 Å². The Bertz CT molecular complexity index is 1130. The molecule has 43 heavy (non-hydrogen) atoms. The Morgan fingerprint density at radius 1 is 0.791 bits per heavy atom. The van der Waals surface area contributed by atoms with Crippen LogP contribution in [-0.2, 0) is 4.79 Å². The highest BCUT2D eigenvalue weighted by molar-refractivity contribution is 7.98. The molecule has 0 aliphatic carbocycles. The van der Waals surface area contributed by atoms with E-state index in [0.717, 1.165) is 30.6 Å².